The molecule has 4 nitrogen and oxygen atoms in total. The van der Waals surface area contributed by atoms with Crippen molar-refractivity contribution < 1.29 is 19.1 Å². The minimum absolute atomic E-state index is 0.136. The summed E-state index contributed by atoms with van der Waals surface area (Å²) in [4.78, 5) is 11.9. The van der Waals surface area contributed by atoms with Crippen LogP contribution in [0, 0.1) is 0 Å². The highest BCUT2D eigenvalue weighted by molar-refractivity contribution is 7.50. The Morgan fingerprint density at radius 1 is 1.09 bits per heavy atom. The van der Waals surface area contributed by atoms with E-state index < -0.39 is 7.60 Å². The highest BCUT2D eigenvalue weighted by Gasteiger charge is 2.27. The normalized spacial score (nSPS) is 15.6. The van der Waals surface area contributed by atoms with Crippen LogP contribution < -0.4 is 4.89 Å². The van der Waals surface area contributed by atoms with Gasteiger partial charge in [-0.3, -0.25) is 0 Å². The lowest BCUT2D eigenvalue weighted by Gasteiger charge is -2.29. The maximum absolute atomic E-state index is 11.9. The summed E-state index contributed by atoms with van der Waals surface area (Å²) >= 11 is 0. The third-order valence-corrected chi connectivity index (χ3v) is 4.89. The molecule has 0 radical (unpaired) electrons. The van der Waals surface area contributed by atoms with Crippen LogP contribution in [-0.4, -0.2) is 11.7 Å². The Kier molecular flexibility index (Phi) is 5.55. The van der Waals surface area contributed by atoms with Gasteiger partial charge in [-0.05, 0) is 34.4 Å². The molecule has 22 heavy (non-hydrogen) atoms. The second kappa shape index (κ2) is 6.35. The zero-order valence-corrected chi connectivity index (χ0v) is 15.6. The first-order valence-electron chi connectivity index (χ1n) is 7.59. The zero-order chi connectivity index (χ0) is 17.3. The monoisotopic (exact) mass is 327 g/mol. The van der Waals surface area contributed by atoms with Gasteiger partial charge in [-0.25, -0.2) is 0 Å². The molecule has 1 atom stereocenters. The summed E-state index contributed by atoms with van der Waals surface area (Å²) in [5.41, 5.74) is 1.61. The van der Waals surface area contributed by atoms with Crippen molar-refractivity contribution in [2.75, 3.05) is 6.61 Å². The molecule has 1 aromatic carbocycles. The molecule has 0 saturated heterocycles. The molecule has 0 fully saturated rings. The van der Waals surface area contributed by atoms with E-state index in [2.05, 4.69) is 0 Å². The highest BCUT2D eigenvalue weighted by Crippen LogP contribution is 2.45. The van der Waals surface area contributed by atoms with Crippen molar-refractivity contribution in [3.05, 3.63) is 28.8 Å². The van der Waals surface area contributed by atoms with Gasteiger partial charge in [-0.15, -0.1) is 0 Å². The van der Waals surface area contributed by atoms with Crippen LogP contribution in [-0.2, 0) is 26.1 Å². The molecule has 0 amide bonds. The van der Waals surface area contributed by atoms with Crippen molar-refractivity contribution in [2.45, 2.75) is 65.5 Å². The molecule has 0 saturated carbocycles. The maximum Gasteiger partial charge on any atom is 0.139 e. The summed E-state index contributed by atoms with van der Waals surface area (Å²) in [7, 11) is -3.91. The molecule has 1 unspecified atom stereocenters. The lowest BCUT2D eigenvalue weighted by atomic mass is 9.78. The third-order valence-electron chi connectivity index (χ3n) is 3.49. The van der Waals surface area contributed by atoms with E-state index in [-0.39, 0.29) is 29.3 Å². The van der Waals surface area contributed by atoms with Crippen molar-refractivity contribution in [3.63, 3.8) is 0 Å². The van der Waals surface area contributed by atoms with E-state index >= 15 is 0 Å². The van der Waals surface area contributed by atoms with Gasteiger partial charge in [0, 0.05) is 6.16 Å². The van der Waals surface area contributed by atoms with Crippen LogP contribution in [0.3, 0.4) is 0 Å². The quantitative estimate of drug-likeness (QED) is 0.846. The largest absolute Gasteiger partial charge is 0.778 e. The van der Waals surface area contributed by atoms with Crippen molar-refractivity contribution in [2.24, 2.45) is 0 Å². The molecule has 0 aromatic heterocycles. The van der Waals surface area contributed by atoms with Gasteiger partial charge >= 0.3 is 0 Å². The molecule has 126 valence electrons. The van der Waals surface area contributed by atoms with Crippen LogP contribution in [0.4, 0.5) is 0 Å². The number of aromatic hydroxyl groups is 1. The molecule has 5 heteroatoms. The zero-order valence-electron chi connectivity index (χ0n) is 14.7. The number of hydrogen-bond acceptors (Lipinski definition) is 4. The minimum atomic E-state index is -3.91. The SMILES string of the molecule is CCOP(=O)([O-])Cc1cc(C(C)(C)C)c(O)c(C(C)(C)C)c1. The van der Waals surface area contributed by atoms with Crippen LogP contribution in [0.15, 0.2) is 12.1 Å². The smallest absolute Gasteiger partial charge is 0.139 e. The number of phenols is 1. The van der Waals surface area contributed by atoms with Gasteiger partial charge in [-0.2, -0.15) is 0 Å². The van der Waals surface area contributed by atoms with Crippen molar-refractivity contribution in [1.29, 1.82) is 0 Å². The van der Waals surface area contributed by atoms with Gasteiger partial charge in [0.2, 0.25) is 0 Å². The second-order valence-electron chi connectivity index (χ2n) is 7.73. The molecule has 0 bridgehead atoms. The molecule has 1 N–H and O–H groups in total. The van der Waals surface area contributed by atoms with E-state index in [1.807, 2.05) is 41.5 Å². The fourth-order valence-electron chi connectivity index (χ4n) is 2.39. The second-order valence-corrected chi connectivity index (χ2v) is 9.52. The average molecular weight is 327 g/mol. The van der Waals surface area contributed by atoms with Crippen molar-refractivity contribution in [3.8, 4) is 5.75 Å². The van der Waals surface area contributed by atoms with E-state index in [0.717, 1.165) is 11.1 Å². The van der Waals surface area contributed by atoms with Gasteiger partial charge in [0.05, 0.1) is 6.61 Å². The molecule has 0 heterocycles. The lowest BCUT2D eigenvalue weighted by molar-refractivity contribution is -0.198. The van der Waals surface area contributed by atoms with Gasteiger partial charge in [0.15, 0.2) is 0 Å². The predicted octanol–water partition coefficient (Wildman–Crippen LogP) is 4.08. The van der Waals surface area contributed by atoms with Gasteiger partial charge in [0.1, 0.15) is 13.3 Å². The van der Waals surface area contributed by atoms with E-state index in [1.54, 1.807) is 19.1 Å². The summed E-state index contributed by atoms with van der Waals surface area (Å²) < 4.78 is 16.8. The van der Waals surface area contributed by atoms with E-state index in [0.29, 0.717) is 5.56 Å². The molecular weight excluding hydrogens is 299 g/mol. The highest BCUT2D eigenvalue weighted by atomic mass is 31.2. The van der Waals surface area contributed by atoms with Gasteiger partial charge in [0.25, 0.3) is 0 Å². The van der Waals surface area contributed by atoms with E-state index in [9.17, 15) is 14.6 Å². The average Bonchev–Trinajstić information content (AvgIpc) is 2.27. The van der Waals surface area contributed by atoms with Gasteiger partial charge < -0.3 is 19.1 Å². The Morgan fingerprint density at radius 3 is 1.82 bits per heavy atom. The summed E-state index contributed by atoms with van der Waals surface area (Å²) in [6.45, 7) is 13.8. The molecule has 0 aliphatic carbocycles. The topological polar surface area (TPSA) is 69.6 Å². The van der Waals surface area contributed by atoms with Crippen molar-refractivity contribution in [1.82, 2.24) is 0 Å². The summed E-state index contributed by atoms with van der Waals surface area (Å²) in [5, 5.41) is 10.6. The number of rotatable bonds is 4. The van der Waals surface area contributed by atoms with Crippen LogP contribution in [0.25, 0.3) is 0 Å². The fraction of sp³-hybridized carbons (Fsp3) is 0.647. The van der Waals surface area contributed by atoms with E-state index in [4.69, 9.17) is 4.52 Å². The van der Waals surface area contributed by atoms with E-state index in [1.165, 1.54) is 0 Å². The van der Waals surface area contributed by atoms with Crippen LogP contribution in [0.5, 0.6) is 5.75 Å². The molecule has 1 aromatic rings. The molecule has 0 aliphatic rings. The van der Waals surface area contributed by atoms with Crippen LogP contribution >= 0.6 is 7.60 Å². The molecule has 0 spiro atoms. The summed E-state index contributed by atoms with van der Waals surface area (Å²) in [6.07, 6.45) is -0.159. The number of hydrogen-bond donors (Lipinski definition) is 1. The van der Waals surface area contributed by atoms with Crippen LogP contribution in [0.2, 0.25) is 0 Å². The van der Waals surface area contributed by atoms with Gasteiger partial charge in [-0.1, -0.05) is 53.7 Å². The Labute approximate surface area is 134 Å². The summed E-state index contributed by atoms with van der Waals surface area (Å²) in [6, 6.07) is 3.54. The Morgan fingerprint density at radius 2 is 1.50 bits per heavy atom. The first-order chi connectivity index (χ1) is 9.78. The number of benzene rings is 1. The fourth-order valence-corrected chi connectivity index (χ4v) is 3.51. The molecule has 1 rings (SSSR count). The Hall–Kier alpha value is -0.830. The summed E-state index contributed by atoms with van der Waals surface area (Å²) in [5.74, 6) is 0.251. The molecule has 0 aliphatic heterocycles. The third kappa shape index (κ3) is 4.84. The van der Waals surface area contributed by atoms with Crippen LogP contribution in [0.1, 0.15) is 65.2 Å². The van der Waals surface area contributed by atoms with Crippen molar-refractivity contribution >= 4 is 7.60 Å². The maximum atomic E-state index is 11.9. The lowest BCUT2D eigenvalue weighted by Crippen LogP contribution is -2.18. The number of phenolic OH excluding ortho intramolecular Hbond substituents is 1. The first kappa shape index (κ1) is 19.2. The standard InChI is InChI=1S/C17H29O4P/c1-8-21-22(19,20)11-12-9-13(16(2,3)4)15(18)14(10-12)17(5,6)7/h9-10,18H,8,11H2,1-7H3,(H,19,20)/p-1. The first-order valence-corrected chi connectivity index (χ1v) is 9.32. The Bertz CT molecular complexity index is 544. The predicted molar refractivity (Wildman–Crippen MR) is 88.4 cm³/mol. The molecular formula is C17H28O4P-. The minimum Gasteiger partial charge on any atom is -0.778 e. The Balaban J connectivity index is 3.45.